The van der Waals surface area contributed by atoms with Gasteiger partial charge in [0.1, 0.15) is 5.52 Å². The zero-order valence-corrected chi connectivity index (χ0v) is 17.5. The lowest BCUT2D eigenvalue weighted by Gasteiger charge is -2.17. The van der Waals surface area contributed by atoms with E-state index in [9.17, 15) is 0 Å². The van der Waals surface area contributed by atoms with Crippen molar-refractivity contribution in [3.05, 3.63) is 58.1 Å². The van der Waals surface area contributed by atoms with Gasteiger partial charge in [-0.25, -0.2) is 4.68 Å². The molecule has 0 fully saturated rings. The highest BCUT2D eigenvalue weighted by atomic mass is 79.9. The summed E-state index contributed by atoms with van der Waals surface area (Å²) in [4.78, 5) is 0. The molecule has 0 bridgehead atoms. The lowest BCUT2D eigenvalue weighted by molar-refractivity contribution is 0.0952. The summed E-state index contributed by atoms with van der Waals surface area (Å²) in [6, 6.07) is 14.4. The molecular formula is C21H26BrN3O2. The quantitative estimate of drug-likeness (QED) is 0.434. The summed E-state index contributed by atoms with van der Waals surface area (Å²) in [5, 5.41) is 8.75. The van der Waals surface area contributed by atoms with Crippen LogP contribution in [-0.2, 0) is 22.6 Å². The van der Waals surface area contributed by atoms with Crippen LogP contribution in [-0.4, -0.2) is 35.3 Å². The first-order valence-electron chi connectivity index (χ1n) is 9.28. The van der Waals surface area contributed by atoms with E-state index in [1.54, 1.807) is 7.11 Å². The van der Waals surface area contributed by atoms with Crippen molar-refractivity contribution in [2.24, 2.45) is 5.92 Å². The van der Waals surface area contributed by atoms with E-state index in [1.165, 1.54) is 5.56 Å². The minimum Gasteiger partial charge on any atom is -0.385 e. The smallest absolute Gasteiger partial charge is 0.117 e. The molecule has 144 valence electrons. The molecule has 3 rings (SSSR count). The van der Waals surface area contributed by atoms with Crippen LogP contribution in [0.15, 0.2) is 46.9 Å². The van der Waals surface area contributed by atoms with Crippen molar-refractivity contribution in [2.75, 3.05) is 20.3 Å². The summed E-state index contributed by atoms with van der Waals surface area (Å²) in [6.45, 7) is 4.99. The fraction of sp³-hybridized carbons (Fsp3) is 0.429. The summed E-state index contributed by atoms with van der Waals surface area (Å²) >= 11 is 3.56. The van der Waals surface area contributed by atoms with Gasteiger partial charge in [0.2, 0.25) is 0 Å². The predicted molar refractivity (Wildman–Crippen MR) is 111 cm³/mol. The molecule has 0 aliphatic heterocycles. The number of fused-ring (bicyclic) bond motifs is 1. The topological polar surface area (TPSA) is 49.2 Å². The second-order valence-electron chi connectivity index (χ2n) is 6.79. The van der Waals surface area contributed by atoms with E-state index in [1.807, 2.05) is 22.9 Å². The van der Waals surface area contributed by atoms with Gasteiger partial charge in [-0.05, 0) is 48.9 Å². The van der Waals surface area contributed by atoms with Gasteiger partial charge in [-0.15, -0.1) is 5.10 Å². The van der Waals surface area contributed by atoms with Crippen molar-refractivity contribution in [3.8, 4) is 0 Å². The van der Waals surface area contributed by atoms with Gasteiger partial charge in [0.15, 0.2) is 0 Å². The number of aryl methyl sites for hydroxylation is 1. The maximum atomic E-state index is 5.88. The summed E-state index contributed by atoms with van der Waals surface area (Å²) in [5.74, 6) is 0.426. The minimum absolute atomic E-state index is 0.426. The molecule has 0 radical (unpaired) electrons. The Hall–Kier alpha value is -1.76. The highest BCUT2D eigenvalue weighted by molar-refractivity contribution is 9.10. The average molecular weight is 432 g/mol. The Labute approximate surface area is 168 Å². The van der Waals surface area contributed by atoms with Crippen molar-refractivity contribution in [1.29, 1.82) is 0 Å². The van der Waals surface area contributed by atoms with Gasteiger partial charge >= 0.3 is 0 Å². The number of hydrogen-bond acceptors (Lipinski definition) is 4. The van der Waals surface area contributed by atoms with Crippen molar-refractivity contribution >= 4 is 27.0 Å². The number of halogens is 1. The van der Waals surface area contributed by atoms with Gasteiger partial charge in [0.05, 0.1) is 12.1 Å². The maximum absolute atomic E-state index is 5.88. The molecule has 2 aromatic carbocycles. The Kier molecular flexibility index (Phi) is 7.38. The third-order valence-corrected chi connectivity index (χ3v) is 5.68. The SMILES string of the molecule is COCCC(CCOCc1ccccc1)Cn1nnc2c(C)c(Br)ccc21. The third kappa shape index (κ3) is 5.37. The third-order valence-electron chi connectivity index (χ3n) is 4.82. The Morgan fingerprint density at radius 3 is 2.63 bits per heavy atom. The minimum atomic E-state index is 0.426. The van der Waals surface area contributed by atoms with Crippen molar-refractivity contribution < 1.29 is 9.47 Å². The molecule has 0 aliphatic carbocycles. The van der Waals surface area contributed by atoms with Crippen LogP contribution >= 0.6 is 15.9 Å². The zero-order chi connectivity index (χ0) is 19.1. The van der Waals surface area contributed by atoms with Gasteiger partial charge in [0, 0.05) is 31.3 Å². The first-order valence-corrected chi connectivity index (χ1v) is 10.1. The molecule has 0 spiro atoms. The predicted octanol–water partition coefficient (Wildman–Crippen LogP) is 4.76. The molecule has 27 heavy (non-hydrogen) atoms. The van der Waals surface area contributed by atoms with E-state index in [2.05, 4.69) is 57.4 Å². The van der Waals surface area contributed by atoms with Crippen molar-refractivity contribution in [2.45, 2.75) is 32.9 Å². The van der Waals surface area contributed by atoms with E-state index >= 15 is 0 Å². The number of nitrogens with zero attached hydrogens (tertiary/aromatic N) is 3. The molecular weight excluding hydrogens is 406 g/mol. The van der Waals surface area contributed by atoms with Crippen LogP contribution < -0.4 is 0 Å². The Morgan fingerprint density at radius 2 is 1.85 bits per heavy atom. The van der Waals surface area contributed by atoms with Gasteiger partial charge in [-0.3, -0.25) is 0 Å². The van der Waals surface area contributed by atoms with E-state index in [0.717, 1.165) is 53.7 Å². The molecule has 1 atom stereocenters. The van der Waals surface area contributed by atoms with Gasteiger partial charge in [-0.1, -0.05) is 51.5 Å². The molecule has 5 nitrogen and oxygen atoms in total. The van der Waals surface area contributed by atoms with E-state index in [4.69, 9.17) is 9.47 Å². The largest absolute Gasteiger partial charge is 0.385 e. The van der Waals surface area contributed by atoms with Gasteiger partial charge in [-0.2, -0.15) is 0 Å². The lowest BCUT2D eigenvalue weighted by atomic mass is 10.0. The van der Waals surface area contributed by atoms with Crippen LogP contribution in [0.3, 0.4) is 0 Å². The number of rotatable bonds is 10. The summed E-state index contributed by atoms with van der Waals surface area (Å²) in [5.41, 5.74) is 4.35. The fourth-order valence-electron chi connectivity index (χ4n) is 3.15. The summed E-state index contributed by atoms with van der Waals surface area (Å²) < 4.78 is 14.2. The van der Waals surface area contributed by atoms with Crippen molar-refractivity contribution in [3.63, 3.8) is 0 Å². The van der Waals surface area contributed by atoms with Crippen LogP contribution in [0.1, 0.15) is 24.0 Å². The number of ether oxygens (including phenoxy) is 2. The number of hydrogen-bond donors (Lipinski definition) is 0. The first kappa shape index (κ1) is 20.0. The second-order valence-corrected chi connectivity index (χ2v) is 7.64. The number of benzene rings is 2. The van der Waals surface area contributed by atoms with E-state index in [-0.39, 0.29) is 0 Å². The van der Waals surface area contributed by atoms with Crippen LogP contribution in [0.25, 0.3) is 11.0 Å². The van der Waals surface area contributed by atoms with Crippen LogP contribution in [0.5, 0.6) is 0 Å². The Balaban J connectivity index is 1.60. The summed E-state index contributed by atoms with van der Waals surface area (Å²) in [7, 11) is 1.74. The standard InChI is InChI=1S/C21H26BrN3O2/c1-16-19(22)8-9-20-21(16)23-24-25(20)14-17(10-12-26-2)11-13-27-15-18-6-4-3-5-7-18/h3-9,17H,10-15H2,1-2H3. The van der Waals surface area contributed by atoms with Crippen LogP contribution in [0, 0.1) is 12.8 Å². The number of methoxy groups -OCH3 is 1. The number of aromatic nitrogens is 3. The summed E-state index contributed by atoms with van der Waals surface area (Å²) in [6.07, 6.45) is 1.94. The molecule has 0 N–H and O–H groups in total. The molecule has 1 unspecified atom stereocenters. The molecule has 0 saturated heterocycles. The molecule has 0 saturated carbocycles. The Bertz CT molecular complexity index is 851. The average Bonchev–Trinajstić information content (AvgIpc) is 3.10. The maximum Gasteiger partial charge on any atom is 0.117 e. The molecule has 1 aromatic heterocycles. The second kappa shape index (κ2) is 9.97. The molecule has 1 heterocycles. The van der Waals surface area contributed by atoms with Crippen LogP contribution in [0.4, 0.5) is 0 Å². The molecule has 3 aromatic rings. The van der Waals surface area contributed by atoms with Crippen molar-refractivity contribution in [1.82, 2.24) is 15.0 Å². The van der Waals surface area contributed by atoms with E-state index in [0.29, 0.717) is 12.5 Å². The molecule has 0 aliphatic rings. The highest BCUT2D eigenvalue weighted by Crippen LogP contribution is 2.25. The monoisotopic (exact) mass is 431 g/mol. The molecule has 0 amide bonds. The molecule has 6 heteroatoms. The van der Waals surface area contributed by atoms with Gasteiger partial charge in [0.25, 0.3) is 0 Å². The van der Waals surface area contributed by atoms with Gasteiger partial charge < -0.3 is 9.47 Å². The zero-order valence-electron chi connectivity index (χ0n) is 15.9. The first-order chi connectivity index (χ1) is 13.2. The lowest BCUT2D eigenvalue weighted by Crippen LogP contribution is -2.16. The Morgan fingerprint density at radius 1 is 1.07 bits per heavy atom. The fourth-order valence-corrected chi connectivity index (χ4v) is 3.47. The van der Waals surface area contributed by atoms with Crippen LogP contribution in [0.2, 0.25) is 0 Å². The van der Waals surface area contributed by atoms with E-state index < -0.39 is 0 Å². The normalized spacial score (nSPS) is 12.6. The highest BCUT2D eigenvalue weighted by Gasteiger charge is 2.15.